The topological polar surface area (TPSA) is 88.6 Å². The lowest BCUT2D eigenvalue weighted by Gasteiger charge is -2.15. The molecule has 1 aliphatic carbocycles. The molecule has 2 heterocycles. The molecule has 1 atom stereocenters. The fourth-order valence-corrected chi connectivity index (χ4v) is 5.11. The summed E-state index contributed by atoms with van der Waals surface area (Å²) in [5.74, 6) is -0.456. The van der Waals surface area contributed by atoms with Crippen LogP contribution in [0.15, 0.2) is 24.3 Å². The summed E-state index contributed by atoms with van der Waals surface area (Å²) >= 11 is 0. The fourth-order valence-electron chi connectivity index (χ4n) is 5.11. The summed E-state index contributed by atoms with van der Waals surface area (Å²) in [6, 6.07) is 8.08. The molecular weight excluding hydrogens is 366 g/mol. The number of fused-ring (bicyclic) bond motifs is 8. The number of amides is 2. The maximum Gasteiger partial charge on any atom is 0.262 e. The van der Waals surface area contributed by atoms with Gasteiger partial charge in [-0.15, -0.1) is 0 Å². The predicted octanol–water partition coefficient (Wildman–Crippen LogP) is 2.61. The molecule has 2 aromatic carbocycles. The van der Waals surface area contributed by atoms with E-state index in [1.54, 1.807) is 7.05 Å². The molecule has 5 rings (SSSR count). The number of benzene rings is 2. The minimum absolute atomic E-state index is 0.224. The van der Waals surface area contributed by atoms with E-state index < -0.39 is 0 Å². The summed E-state index contributed by atoms with van der Waals surface area (Å²) in [7, 11) is 1.56. The molecule has 0 fully saturated rings. The fraction of sp³-hybridized carbons (Fsp3) is 0.391. The first-order valence-electron chi connectivity index (χ1n) is 10.3. The largest absolute Gasteiger partial charge is 0.393 e. The van der Waals surface area contributed by atoms with Crippen molar-refractivity contribution >= 4 is 33.6 Å². The maximum absolute atomic E-state index is 13.2. The monoisotopic (exact) mass is 391 g/mol. The summed E-state index contributed by atoms with van der Waals surface area (Å²) in [5.41, 5.74) is 11.1. The number of carbonyl (C=O) groups excluding carboxylic acids is 2. The third kappa shape index (κ3) is 2.49. The molecule has 2 amide bonds. The van der Waals surface area contributed by atoms with Crippen LogP contribution in [0, 0.1) is 0 Å². The molecular formula is C23H25N3O3. The van der Waals surface area contributed by atoms with E-state index in [1.807, 2.05) is 18.2 Å². The number of aliphatic hydroxyl groups excluding tert-OH is 1. The van der Waals surface area contributed by atoms with Gasteiger partial charge >= 0.3 is 0 Å². The van der Waals surface area contributed by atoms with Crippen molar-refractivity contribution in [2.24, 2.45) is 5.73 Å². The third-order valence-corrected chi connectivity index (χ3v) is 6.50. The minimum atomic E-state index is -0.389. The van der Waals surface area contributed by atoms with E-state index >= 15 is 0 Å². The van der Waals surface area contributed by atoms with Crippen molar-refractivity contribution in [1.29, 1.82) is 0 Å². The smallest absolute Gasteiger partial charge is 0.262 e. The summed E-state index contributed by atoms with van der Waals surface area (Å²) in [6.07, 6.45) is 3.02. The van der Waals surface area contributed by atoms with Gasteiger partial charge in [-0.25, -0.2) is 0 Å². The van der Waals surface area contributed by atoms with Gasteiger partial charge in [0.1, 0.15) is 0 Å². The van der Waals surface area contributed by atoms with Gasteiger partial charge in [-0.05, 0) is 55.8 Å². The van der Waals surface area contributed by atoms with Gasteiger partial charge in [0.2, 0.25) is 0 Å². The molecule has 6 heteroatoms. The van der Waals surface area contributed by atoms with Crippen molar-refractivity contribution in [2.45, 2.75) is 44.8 Å². The number of nitrogens with zero attached hydrogens (tertiary/aromatic N) is 2. The van der Waals surface area contributed by atoms with Crippen LogP contribution < -0.4 is 5.73 Å². The molecule has 1 aromatic heterocycles. The lowest BCUT2D eigenvalue weighted by atomic mass is 9.89. The summed E-state index contributed by atoms with van der Waals surface area (Å²) in [5, 5.41) is 12.2. The van der Waals surface area contributed by atoms with E-state index in [-0.39, 0.29) is 17.9 Å². The highest BCUT2D eigenvalue weighted by atomic mass is 16.3. The van der Waals surface area contributed by atoms with Crippen LogP contribution in [0.5, 0.6) is 0 Å². The molecule has 1 aliphatic heterocycles. The molecule has 0 saturated heterocycles. The van der Waals surface area contributed by atoms with Crippen molar-refractivity contribution < 1.29 is 14.7 Å². The Balaban J connectivity index is 1.98. The number of rotatable bonds is 3. The second kappa shape index (κ2) is 6.68. The Hall–Kier alpha value is -2.70. The summed E-state index contributed by atoms with van der Waals surface area (Å²) < 4.78 is 2.27. The van der Waals surface area contributed by atoms with E-state index in [9.17, 15) is 14.7 Å². The van der Waals surface area contributed by atoms with Gasteiger partial charge in [-0.2, -0.15) is 0 Å². The molecule has 29 heavy (non-hydrogen) atoms. The Morgan fingerprint density at radius 1 is 1.07 bits per heavy atom. The Morgan fingerprint density at radius 3 is 2.52 bits per heavy atom. The maximum atomic E-state index is 13.2. The van der Waals surface area contributed by atoms with Crippen LogP contribution in [0.2, 0.25) is 0 Å². The number of hydrogen-bond acceptors (Lipinski definition) is 4. The van der Waals surface area contributed by atoms with E-state index in [0.717, 1.165) is 45.9 Å². The van der Waals surface area contributed by atoms with Crippen LogP contribution in [-0.2, 0) is 19.4 Å². The van der Waals surface area contributed by atoms with E-state index in [4.69, 9.17) is 5.73 Å². The number of para-hydroxylation sites is 1. The molecule has 0 spiro atoms. The van der Waals surface area contributed by atoms with E-state index in [2.05, 4.69) is 10.6 Å². The van der Waals surface area contributed by atoms with Crippen LogP contribution in [0.1, 0.15) is 51.1 Å². The normalized spacial score (nSPS) is 19.1. The number of imide groups is 1. The van der Waals surface area contributed by atoms with Crippen molar-refractivity contribution in [1.82, 2.24) is 9.47 Å². The highest BCUT2D eigenvalue weighted by Gasteiger charge is 2.40. The lowest BCUT2D eigenvalue weighted by Crippen LogP contribution is -2.24. The number of aryl methyl sites for hydroxylation is 2. The zero-order chi connectivity index (χ0) is 20.3. The van der Waals surface area contributed by atoms with Crippen LogP contribution in [0.25, 0.3) is 21.8 Å². The second-order valence-corrected chi connectivity index (χ2v) is 8.14. The molecule has 0 saturated carbocycles. The number of nitrogens with two attached hydrogens (primary N) is 1. The standard InChI is InChI=1S/C23H25N3O3/c1-25-22(28)19-14-9-7-13(27)8-10-15(14)21-18(20(19)23(25)29)16-5-2-3-6-17(16)26(21)12-4-11-24/h2-3,5-6,13,27H,4,7-12,24H2,1H3. The van der Waals surface area contributed by atoms with Gasteiger partial charge in [0.25, 0.3) is 11.8 Å². The quantitative estimate of drug-likeness (QED) is 0.531. The first-order chi connectivity index (χ1) is 14.0. The second-order valence-electron chi connectivity index (χ2n) is 8.14. The number of carbonyl (C=O) groups is 2. The molecule has 2 aliphatic rings. The van der Waals surface area contributed by atoms with Gasteiger partial charge < -0.3 is 15.4 Å². The van der Waals surface area contributed by atoms with E-state index in [1.165, 1.54) is 4.90 Å². The molecule has 0 radical (unpaired) electrons. The number of hydrogen-bond donors (Lipinski definition) is 2. The molecule has 150 valence electrons. The first kappa shape index (κ1) is 18.3. The number of aliphatic hydroxyl groups is 1. The average Bonchev–Trinajstić information content (AvgIpc) is 3.06. The Morgan fingerprint density at radius 2 is 1.76 bits per heavy atom. The van der Waals surface area contributed by atoms with Crippen LogP contribution in [-0.4, -0.2) is 46.1 Å². The Kier molecular flexibility index (Phi) is 4.22. The van der Waals surface area contributed by atoms with Crippen molar-refractivity contribution in [3.05, 3.63) is 46.5 Å². The molecule has 3 aromatic rings. The Bertz CT molecular complexity index is 1180. The summed E-state index contributed by atoms with van der Waals surface area (Å²) in [4.78, 5) is 27.4. The molecule has 1 unspecified atom stereocenters. The number of aromatic nitrogens is 1. The van der Waals surface area contributed by atoms with Crippen molar-refractivity contribution in [3.63, 3.8) is 0 Å². The van der Waals surface area contributed by atoms with Crippen LogP contribution in [0.3, 0.4) is 0 Å². The highest BCUT2D eigenvalue weighted by Crippen LogP contribution is 2.43. The molecule has 6 nitrogen and oxygen atoms in total. The zero-order valence-corrected chi connectivity index (χ0v) is 16.6. The van der Waals surface area contributed by atoms with Crippen LogP contribution in [0.4, 0.5) is 0 Å². The SMILES string of the molecule is CN1C(=O)c2c3c(c4c(c2C1=O)c1ccccc1n4CCCN)CCC(O)CC3. The van der Waals surface area contributed by atoms with Gasteiger partial charge in [0.05, 0.1) is 22.7 Å². The molecule has 0 bridgehead atoms. The average molecular weight is 391 g/mol. The zero-order valence-electron chi connectivity index (χ0n) is 16.6. The molecule has 3 N–H and O–H groups in total. The predicted molar refractivity (Wildman–Crippen MR) is 112 cm³/mol. The minimum Gasteiger partial charge on any atom is -0.393 e. The van der Waals surface area contributed by atoms with Gasteiger partial charge in [-0.3, -0.25) is 14.5 Å². The Labute approximate surface area is 168 Å². The third-order valence-electron chi connectivity index (χ3n) is 6.50. The van der Waals surface area contributed by atoms with Gasteiger partial charge in [-0.1, -0.05) is 18.2 Å². The van der Waals surface area contributed by atoms with Gasteiger partial charge in [0, 0.05) is 29.9 Å². The van der Waals surface area contributed by atoms with Gasteiger partial charge in [0.15, 0.2) is 0 Å². The van der Waals surface area contributed by atoms with Crippen molar-refractivity contribution in [2.75, 3.05) is 13.6 Å². The van der Waals surface area contributed by atoms with Crippen molar-refractivity contribution in [3.8, 4) is 0 Å². The lowest BCUT2D eigenvalue weighted by molar-refractivity contribution is 0.0693. The highest BCUT2D eigenvalue weighted by molar-refractivity contribution is 6.31. The van der Waals surface area contributed by atoms with Crippen LogP contribution >= 0.6 is 0 Å². The van der Waals surface area contributed by atoms with E-state index in [0.29, 0.717) is 43.4 Å². The first-order valence-corrected chi connectivity index (χ1v) is 10.3. The summed E-state index contributed by atoms with van der Waals surface area (Å²) in [6.45, 7) is 1.34.